The van der Waals surface area contributed by atoms with Crippen LogP contribution >= 0.6 is 0 Å². The molecule has 19 heavy (non-hydrogen) atoms. The predicted molar refractivity (Wildman–Crippen MR) is 79.3 cm³/mol. The molecule has 1 aliphatic rings. The molecule has 0 saturated heterocycles. The number of rotatable bonds is 9. The van der Waals surface area contributed by atoms with Crippen LogP contribution < -0.4 is 0 Å². The first-order chi connectivity index (χ1) is 9.13. The topological polar surface area (TPSA) is 40.5 Å². The maximum Gasteiger partial charge on any atom is 0.307 e. The Kier molecular flexibility index (Phi) is 7.80. The molecule has 0 aliphatic heterocycles. The van der Waals surface area contributed by atoms with E-state index in [-0.39, 0.29) is 5.92 Å². The number of carboxylic acids is 1. The second kappa shape index (κ2) is 9.13. The molecule has 1 N–H and O–H groups in total. The van der Waals surface area contributed by atoms with Gasteiger partial charge in [0.1, 0.15) is 0 Å². The van der Waals surface area contributed by atoms with E-state index in [9.17, 15) is 4.79 Å². The van der Waals surface area contributed by atoms with E-state index in [1.807, 2.05) is 0 Å². The molecule has 3 nitrogen and oxygen atoms in total. The number of carboxylic acid groups (broad SMARTS) is 1. The van der Waals surface area contributed by atoms with Crippen LogP contribution in [0.5, 0.6) is 0 Å². The molecule has 0 amide bonds. The second-order valence-electron chi connectivity index (χ2n) is 5.75. The summed E-state index contributed by atoms with van der Waals surface area (Å²) in [6, 6.07) is 0. The Balaban J connectivity index is 2.39. The molecule has 0 aromatic carbocycles. The van der Waals surface area contributed by atoms with Crippen LogP contribution in [0.25, 0.3) is 0 Å². The van der Waals surface area contributed by atoms with E-state index in [1.54, 1.807) is 12.5 Å². The van der Waals surface area contributed by atoms with Gasteiger partial charge in [-0.15, -0.1) is 0 Å². The van der Waals surface area contributed by atoms with Gasteiger partial charge in [-0.3, -0.25) is 4.79 Å². The van der Waals surface area contributed by atoms with E-state index in [0.29, 0.717) is 6.54 Å². The van der Waals surface area contributed by atoms with Gasteiger partial charge in [0.2, 0.25) is 0 Å². The van der Waals surface area contributed by atoms with Gasteiger partial charge >= 0.3 is 5.97 Å². The lowest BCUT2D eigenvalue weighted by atomic mass is 9.97. The number of hydrogen-bond acceptors (Lipinski definition) is 2. The van der Waals surface area contributed by atoms with Crippen LogP contribution in [0.2, 0.25) is 0 Å². The van der Waals surface area contributed by atoms with E-state index >= 15 is 0 Å². The lowest BCUT2D eigenvalue weighted by Gasteiger charge is -2.25. The maximum atomic E-state index is 11.0. The molecule has 3 heteroatoms. The minimum atomic E-state index is -0.682. The summed E-state index contributed by atoms with van der Waals surface area (Å²) in [5.74, 6) is -0.949. The Morgan fingerprint density at radius 1 is 1.42 bits per heavy atom. The zero-order valence-corrected chi connectivity index (χ0v) is 12.5. The van der Waals surface area contributed by atoms with E-state index in [2.05, 4.69) is 17.9 Å². The number of aliphatic carboxylic acids is 1. The first-order valence-electron chi connectivity index (χ1n) is 7.76. The van der Waals surface area contributed by atoms with Crippen molar-refractivity contribution in [1.29, 1.82) is 0 Å². The van der Waals surface area contributed by atoms with Crippen molar-refractivity contribution in [1.82, 2.24) is 4.90 Å². The van der Waals surface area contributed by atoms with Gasteiger partial charge in [0.05, 0.1) is 5.92 Å². The van der Waals surface area contributed by atoms with Gasteiger partial charge in [0, 0.05) is 13.1 Å². The second-order valence-corrected chi connectivity index (χ2v) is 5.75. The molecule has 1 atom stereocenters. The number of carbonyl (C=O) groups is 1. The monoisotopic (exact) mass is 267 g/mol. The Morgan fingerprint density at radius 2 is 2.21 bits per heavy atom. The highest BCUT2D eigenvalue weighted by molar-refractivity contribution is 5.69. The fraction of sp³-hybridized carbons (Fsp3) is 0.812. The van der Waals surface area contributed by atoms with Gasteiger partial charge in [-0.2, -0.15) is 0 Å². The molecular weight excluding hydrogens is 238 g/mol. The molecule has 0 saturated carbocycles. The molecule has 0 aromatic heterocycles. The fourth-order valence-electron chi connectivity index (χ4n) is 2.57. The van der Waals surface area contributed by atoms with Crippen LogP contribution in [0, 0.1) is 5.92 Å². The molecule has 1 aliphatic carbocycles. The van der Waals surface area contributed by atoms with Gasteiger partial charge < -0.3 is 10.0 Å². The summed E-state index contributed by atoms with van der Waals surface area (Å²) in [6.07, 6.45) is 11.0. The lowest BCUT2D eigenvalue weighted by Crippen LogP contribution is -2.33. The number of nitrogens with zero attached hydrogens (tertiary/aromatic N) is 1. The summed E-state index contributed by atoms with van der Waals surface area (Å²) >= 11 is 0. The summed E-state index contributed by atoms with van der Waals surface area (Å²) < 4.78 is 0. The van der Waals surface area contributed by atoms with Crippen LogP contribution in [0.1, 0.15) is 58.8 Å². The van der Waals surface area contributed by atoms with Crippen molar-refractivity contribution < 1.29 is 9.90 Å². The first-order valence-corrected chi connectivity index (χ1v) is 7.76. The SMILES string of the molecule is CCCCN(CCC1=CCCCC1)CC(C)C(=O)O. The predicted octanol–water partition coefficient (Wildman–Crippen LogP) is 3.70. The van der Waals surface area contributed by atoms with Crippen molar-refractivity contribution in [3.8, 4) is 0 Å². The highest BCUT2D eigenvalue weighted by Gasteiger charge is 2.16. The number of hydrogen-bond donors (Lipinski definition) is 1. The van der Waals surface area contributed by atoms with Crippen LogP contribution in [0.15, 0.2) is 11.6 Å². The van der Waals surface area contributed by atoms with Gasteiger partial charge in [0.15, 0.2) is 0 Å². The summed E-state index contributed by atoms with van der Waals surface area (Å²) in [5.41, 5.74) is 1.58. The molecule has 0 radical (unpaired) electrons. The minimum Gasteiger partial charge on any atom is -0.481 e. The zero-order valence-electron chi connectivity index (χ0n) is 12.5. The van der Waals surface area contributed by atoms with E-state index in [1.165, 1.54) is 32.1 Å². The third-order valence-corrected chi connectivity index (χ3v) is 3.92. The van der Waals surface area contributed by atoms with Gasteiger partial charge in [-0.25, -0.2) is 0 Å². The van der Waals surface area contributed by atoms with Crippen LogP contribution in [0.3, 0.4) is 0 Å². The third kappa shape index (κ3) is 6.76. The maximum absolute atomic E-state index is 11.0. The van der Waals surface area contributed by atoms with Gasteiger partial charge in [-0.05, 0) is 45.1 Å². The number of unbranched alkanes of at least 4 members (excludes halogenated alkanes) is 1. The minimum absolute atomic E-state index is 0.266. The average molecular weight is 267 g/mol. The summed E-state index contributed by atoms with van der Waals surface area (Å²) in [4.78, 5) is 13.3. The Labute approximate surface area is 117 Å². The van der Waals surface area contributed by atoms with Crippen molar-refractivity contribution in [2.75, 3.05) is 19.6 Å². The molecule has 110 valence electrons. The normalized spacial score (nSPS) is 17.3. The van der Waals surface area contributed by atoms with Crippen molar-refractivity contribution in [3.05, 3.63) is 11.6 Å². The highest BCUT2D eigenvalue weighted by atomic mass is 16.4. The van der Waals surface area contributed by atoms with E-state index in [0.717, 1.165) is 25.9 Å². The van der Waals surface area contributed by atoms with Crippen molar-refractivity contribution in [2.24, 2.45) is 5.92 Å². The molecule has 0 fully saturated rings. The third-order valence-electron chi connectivity index (χ3n) is 3.92. The Morgan fingerprint density at radius 3 is 2.79 bits per heavy atom. The summed E-state index contributed by atoms with van der Waals surface area (Å²) in [5, 5.41) is 9.04. The highest BCUT2D eigenvalue weighted by Crippen LogP contribution is 2.20. The standard InChI is InChI=1S/C16H29NO2/c1-3-4-11-17(13-14(2)16(18)19)12-10-15-8-6-5-7-9-15/h8,14H,3-7,9-13H2,1-2H3,(H,18,19). The van der Waals surface area contributed by atoms with E-state index in [4.69, 9.17) is 5.11 Å². The quantitative estimate of drug-likeness (QED) is 0.648. The fourth-order valence-corrected chi connectivity index (χ4v) is 2.57. The van der Waals surface area contributed by atoms with Crippen molar-refractivity contribution in [3.63, 3.8) is 0 Å². The van der Waals surface area contributed by atoms with Crippen LogP contribution in [-0.2, 0) is 4.79 Å². The Bertz CT molecular complexity index is 299. The average Bonchev–Trinajstić information content (AvgIpc) is 2.42. The zero-order chi connectivity index (χ0) is 14.1. The molecular formula is C16H29NO2. The molecule has 0 bridgehead atoms. The molecule has 1 rings (SSSR count). The summed E-state index contributed by atoms with van der Waals surface area (Å²) in [6.45, 7) is 6.72. The van der Waals surface area contributed by atoms with E-state index < -0.39 is 5.97 Å². The van der Waals surface area contributed by atoms with Crippen molar-refractivity contribution in [2.45, 2.75) is 58.8 Å². The Hall–Kier alpha value is -0.830. The summed E-state index contributed by atoms with van der Waals surface area (Å²) in [7, 11) is 0. The van der Waals surface area contributed by atoms with Crippen molar-refractivity contribution >= 4 is 5.97 Å². The lowest BCUT2D eigenvalue weighted by molar-refractivity contribution is -0.141. The molecule has 0 spiro atoms. The molecule has 1 unspecified atom stereocenters. The smallest absolute Gasteiger partial charge is 0.307 e. The first kappa shape index (κ1) is 16.2. The largest absolute Gasteiger partial charge is 0.481 e. The molecule has 0 aromatic rings. The van der Waals surface area contributed by atoms with Crippen LogP contribution in [0.4, 0.5) is 0 Å². The van der Waals surface area contributed by atoms with Gasteiger partial charge in [0.25, 0.3) is 0 Å². The number of allylic oxidation sites excluding steroid dienone is 1. The van der Waals surface area contributed by atoms with Crippen LogP contribution in [-0.4, -0.2) is 35.6 Å². The van der Waals surface area contributed by atoms with Gasteiger partial charge in [-0.1, -0.05) is 31.9 Å². The molecule has 0 heterocycles.